The second-order valence-corrected chi connectivity index (χ2v) is 6.90. The van der Waals surface area contributed by atoms with Crippen LogP contribution in [0.5, 0.6) is 0 Å². The molecule has 6 heteroatoms. The average Bonchev–Trinajstić information content (AvgIpc) is 2.66. The van der Waals surface area contributed by atoms with Crippen LogP contribution in [-0.2, 0) is 11.3 Å². The molecule has 0 saturated carbocycles. The summed E-state index contributed by atoms with van der Waals surface area (Å²) < 4.78 is 18.3. The molecule has 0 fully saturated rings. The molecule has 0 spiro atoms. The highest BCUT2D eigenvalue weighted by Crippen LogP contribution is 2.19. The summed E-state index contributed by atoms with van der Waals surface area (Å²) in [6.07, 6.45) is 0. The van der Waals surface area contributed by atoms with Gasteiger partial charge in [0.2, 0.25) is 0 Å². The topological polar surface area (TPSA) is 62.4 Å². The Labute approximate surface area is 162 Å². The van der Waals surface area contributed by atoms with Crippen molar-refractivity contribution in [1.82, 2.24) is 9.88 Å². The van der Waals surface area contributed by atoms with Crippen LogP contribution >= 0.6 is 0 Å². The Morgan fingerprint density at radius 1 is 1.14 bits per heavy atom. The maximum atomic E-state index is 13.2. The molecule has 2 aromatic carbocycles. The molecule has 28 heavy (non-hydrogen) atoms. The van der Waals surface area contributed by atoms with E-state index in [1.165, 1.54) is 29.2 Å². The van der Waals surface area contributed by atoms with Gasteiger partial charge in [-0.05, 0) is 61.2 Å². The minimum Gasteiger partial charge on any atom is -0.383 e. The summed E-state index contributed by atoms with van der Waals surface area (Å²) in [4.78, 5) is 30.0. The van der Waals surface area contributed by atoms with Crippen molar-refractivity contribution in [3.05, 3.63) is 80.9 Å². The van der Waals surface area contributed by atoms with Crippen molar-refractivity contribution < 1.29 is 13.9 Å². The molecule has 1 N–H and O–H groups in total. The molecule has 0 saturated heterocycles. The predicted molar refractivity (Wildman–Crippen MR) is 107 cm³/mol. The first-order valence-electron chi connectivity index (χ1n) is 9.06. The Kier molecular flexibility index (Phi) is 5.90. The lowest BCUT2D eigenvalue weighted by Gasteiger charge is -2.22. The Balaban J connectivity index is 1.96. The number of H-pyrrole nitrogens is 1. The molecule has 0 aliphatic carbocycles. The van der Waals surface area contributed by atoms with Crippen molar-refractivity contribution in [2.75, 3.05) is 20.3 Å². The number of pyridine rings is 1. The molecule has 3 rings (SSSR count). The van der Waals surface area contributed by atoms with Gasteiger partial charge in [-0.2, -0.15) is 0 Å². The molecule has 146 valence electrons. The summed E-state index contributed by atoms with van der Waals surface area (Å²) in [5, 5.41) is 0.924. The lowest BCUT2D eigenvalue weighted by molar-refractivity contribution is 0.0679. The van der Waals surface area contributed by atoms with E-state index >= 15 is 0 Å². The van der Waals surface area contributed by atoms with E-state index in [1.807, 2.05) is 32.0 Å². The van der Waals surface area contributed by atoms with Crippen LogP contribution in [0.4, 0.5) is 4.39 Å². The average molecular weight is 382 g/mol. The van der Waals surface area contributed by atoms with Gasteiger partial charge in [-0.25, -0.2) is 4.39 Å². The first-order valence-corrected chi connectivity index (χ1v) is 9.06. The van der Waals surface area contributed by atoms with Gasteiger partial charge in [0, 0.05) is 24.8 Å². The van der Waals surface area contributed by atoms with E-state index < -0.39 is 5.82 Å². The summed E-state index contributed by atoms with van der Waals surface area (Å²) >= 11 is 0. The number of nitrogens with zero attached hydrogens (tertiary/aromatic N) is 1. The van der Waals surface area contributed by atoms with E-state index in [4.69, 9.17) is 4.74 Å². The van der Waals surface area contributed by atoms with Crippen molar-refractivity contribution in [3.8, 4) is 0 Å². The van der Waals surface area contributed by atoms with Gasteiger partial charge in [0.15, 0.2) is 0 Å². The highest BCUT2D eigenvalue weighted by atomic mass is 19.1. The number of amides is 1. The number of methoxy groups -OCH3 is 1. The van der Waals surface area contributed by atoms with Crippen LogP contribution in [0.3, 0.4) is 0 Å². The number of hydrogen-bond donors (Lipinski definition) is 1. The number of carbonyl (C=O) groups is 1. The molecule has 0 aliphatic heterocycles. The molecule has 0 aliphatic rings. The van der Waals surface area contributed by atoms with Crippen LogP contribution in [0.15, 0.2) is 47.3 Å². The third kappa shape index (κ3) is 4.28. The number of halogens is 1. The number of hydrogen-bond acceptors (Lipinski definition) is 3. The van der Waals surface area contributed by atoms with Crippen LogP contribution in [0.25, 0.3) is 10.9 Å². The highest BCUT2D eigenvalue weighted by molar-refractivity contribution is 5.94. The van der Waals surface area contributed by atoms with Crippen LogP contribution in [-0.4, -0.2) is 36.1 Å². The second-order valence-electron chi connectivity index (χ2n) is 6.90. The Hall–Kier alpha value is -2.99. The van der Waals surface area contributed by atoms with Crippen LogP contribution in [0.1, 0.15) is 27.0 Å². The molecule has 0 atom stereocenters. The zero-order valence-corrected chi connectivity index (χ0v) is 16.2. The molecule has 1 aromatic heterocycles. The zero-order chi connectivity index (χ0) is 20.3. The molecule has 0 radical (unpaired) electrons. The largest absolute Gasteiger partial charge is 0.383 e. The van der Waals surface area contributed by atoms with Gasteiger partial charge in [0.1, 0.15) is 5.82 Å². The van der Waals surface area contributed by atoms with E-state index in [1.54, 1.807) is 7.11 Å². The molecule has 1 amide bonds. The number of fused-ring (bicyclic) bond motifs is 1. The number of aryl methyl sites for hydroxylation is 2. The van der Waals surface area contributed by atoms with E-state index in [-0.39, 0.29) is 18.0 Å². The molecule has 1 heterocycles. The first-order chi connectivity index (χ1) is 13.4. The number of nitrogens with one attached hydrogen (secondary N) is 1. The number of aromatic amines is 1. The Bertz CT molecular complexity index is 1060. The molecule has 5 nitrogen and oxygen atoms in total. The molecular formula is C22H23FN2O3. The van der Waals surface area contributed by atoms with E-state index in [0.29, 0.717) is 24.3 Å². The van der Waals surface area contributed by atoms with Gasteiger partial charge in [-0.1, -0.05) is 11.6 Å². The van der Waals surface area contributed by atoms with E-state index in [0.717, 1.165) is 22.0 Å². The van der Waals surface area contributed by atoms with Crippen LogP contribution in [0.2, 0.25) is 0 Å². The van der Waals surface area contributed by atoms with Gasteiger partial charge >= 0.3 is 0 Å². The fourth-order valence-electron chi connectivity index (χ4n) is 3.28. The number of ether oxygens (including phenoxy) is 1. The number of aromatic nitrogens is 1. The summed E-state index contributed by atoms with van der Waals surface area (Å²) in [7, 11) is 1.55. The molecule has 0 bridgehead atoms. The standard InChI is InChI=1S/C22H23FN2O3/c1-14-10-15(2)20-17(11-14)12-18(21(26)24-20)13-25(8-9-28-3)22(27)16-4-6-19(23)7-5-16/h4-7,10-12H,8-9,13H2,1-3H3,(H,24,26). The summed E-state index contributed by atoms with van der Waals surface area (Å²) in [6.45, 7) is 4.74. The maximum absolute atomic E-state index is 13.2. The predicted octanol–water partition coefficient (Wildman–Crippen LogP) is 3.57. The lowest BCUT2D eigenvalue weighted by Crippen LogP contribution is -2.35. The van der Waals surface area contributed by atoms with Crippen molar-refractivity contribution >= 4 is 16.8 Å². The SMILES string of the molecule is COCCN(Cc1cc2cc(C)cc(C)c2[nH]c1=O)C(=O)c1ccc(F)cc1. The Morgan fingerprint density at radius 3 is 2.54 bits per heavy atom. The van der Waals surface area contributed by atoms with Gasteiger partial charge < -0.3 is 14.6 Å². The van der Waals surface area contributed by atoms with Gasteiger partial charge in [-0.3, -0.25) is 9.59 Å². The summed E-state index contributed by atoms with van der Waals surface area (Å²) in [5.74, 6) is -0.686. The summed E-state index contributed by atoms with van der Waals surface area (Å²) in [5.41, 5.74) is 3.52. The number of benzene rings is 2. The summed E-state index contributed by atoms with van der Waals surface area (Å²) in [6, 6.07) is 11.2. The van der Waals surface area contributed by atoms with E-state index in [2.05, 4.69) is 4.98 Å². The number of rotatable bonds is 6. The van der Waals surface area contributed by atoms with Crippen molar-refractivity contribution in [2.45, 2.75) is 20.4 Å². The van der Waals surface area contributed by atoms with Gasteiger partial charge in [0.25, 0.3) is 11.5 Å². The van der Waals surface area contributed by atoms with Crippen molar-refractivity contribution in [1.29, 1.82) is 0 Å². The monoisotopic (exact) mass is 382 g/mol. The molecule has 0 unspecified atom stereocenters. The van der Waals surface area contributed by atoms with Crippen LogP contribution in [0, 0.1) is 19.7 Å². The normalized spacial score (nSPS) is 11.0. The molecule has 3 aromatic rings. The fraction of sp³-hybridized carbons (Fsp3) is 0.273. The minimum absolute atomic E-state index is 0.137. The maximum Gasteiger partial charge on any atom is 0.254 e. The number of carbonyl (C=O) groups excluding carboxylic acids is 1. The van der Waals surface area contributed by atoms with Gasteiger partial charge in [-0.15, -0.1) is 0 Å². The zero-order valence-electron chi connectivity index (χ0n) is 16.2. The van der Waals surface area contributed by atoms with Crippen molar-refractivity contribution in [2.24, 2.45) is 0 Å². The van der Waals surface area contributed by atoms with Crippen LogP contribution < -0.4 is 5.56 Å². The Morgan fingerprint density at radius 2 is 1.86 bits per heavy atom. The lowest BCUT2D eigenvalue weighted by atomic mass is 10.0. The fourth-order valence-corrected chi connectivity index (χ4v) is 3.28. The quantitative estimate of drug-likeness (QED) is 0.709. The second kappa shape index (κ2) is 8.35. The minimum atomic E-state index is -0.406. The van der Waals surface area contributed by atoms with E-state index in [9.17, 15) is 14.0 Å². The third-order valence-electron chi connectivity index (χ3n) is 4.68. The smallest absolute Gasteiger partial charge is 0.254 e. The highest BCUT2D eigenvalue weighted by Gasteiger charge is 2.18. The first kappa shape index (κ1) is 19.8. The third-order valence-corrected chi connectivity index (χ3v) is 4.68. The van der Waals surface area contributed by atoms with Crippen molar-refractivity contribution in [3.63, 3.8) is 0 Å². The van der Waals surface area contributed by atoms with Gasteiger partial charge in [0.05, 0.1) is 18.7 Å². The molecular weight excluding hydrogens is 359 g/mol.